The molecule has 17 heavy (non-hydrogen) atoms. The van der Waals surface area contributed by atoms with Gasteiger partial charge in [-0.15, -0.1) is 11.3 Å². The maximum atomic E-state index is 12.4. The molecule has 1 aromatic rings. The van der Waals surface area contributed by atoms with Gasteiger partial charge in [0.25, 0.3) is 5.91 Å². The third kappa shape index (κ3) is 3.26. The van der Waals surface area contributed by atoms with Crippen molar-refractivity contribution in [1.29, 1.82) is 0 Å². The zero-order chi connectivity index (χ0) is 13.0. The number of rotatable bonds is 5. The summed E-state index contributed by atoms with van der Waals surface area (Å²) in [5, 5.41) is 0.932. The summed E-state index contributed by atoms with van der Waals surface area (Å²) in [6, 6.07) is 0.0827. The number of hydrogen-bond donors (Lipinski definition) is 0. The van der Waals surface area contributed by atoms with E-state index in [1.807, 2.05) is 32.6 Å². The van der Waals surface area contributed by atoms with Gasteiger partial charge in [0.2, 0.25) is 0 Å². The molecule has 1 atom stereocenters. The van der Waals surface area contributed by atoms with E-state index in [9.17, 15) is 4.79 Å². The Morgan fingerprint density at radius 3 is 2.59 bits per heavy atom. The van der Waals surface area contributed by atoms with Crippen molar-refractivity contribution in [3.8, 4) is 0 Å². The molecule has 0 spiro atoms. The van der Waals surface area contributed by atoms with Crippen LogP contribution in [-0.4, -0.2) is 42.1 Å². The minimum atomic E-state index is 0.0557. The van der Waals surface area contributed by atoms with Gasteiger partial charge in [-0.05, 0) is 27.7 Å². The van der Waals surface area contributed by atoms with Gasteiger partial charge in [-0.25, -0.2) is 4.98 Å². The summed E-state index contributed by atoms with van der Waals surface area (Å²) < 4.78 is 5.10. The Morgan fingerprint density at radius 1 is 1.53 bits per heavy atom. The fourth-order valence-corrected chi connectivity index (χ4v) is 2.72. The Kier molecular flexibility index (Phi) is 5.08. The fourth-order valence-electron chi connectivity index (χ4n) is 1.85. The van der Waals surface area contributed by atoms with E-state index >= 15 is 0 Å². The van der Waals surface area contributed by atoms with Gasteiger partial charge in [0, 0.05) is 13.7 Å². The van der Waals surface area contributed by atoms with E-state index in [0.717, 1.165) is 15.6 Å². The van der Waals surface area contributed by atoms with E-state index in [0.29, 0.717) is 13.2 Å². The molecule has 0 radical (unpaired) electrons. The van der Waals surface area contributed by atoms with Crippen LogP contribution in [0.2, 0.25) is 0 Å². The molecule has 1 rings (SSSR count). The second-order valence-corrected chi connectivity index (χ2v) is 5.25. The number of thiazole rings is 1. The minimum Gasteiger partial charge on any atom is -0.383 e. The molecule has 5 heteroatoms. The van der Waals surface area contributed by atoms with Gasteiger partial charge in [0.05, 0.1) is 23.4 Å². The van der Waals surface area contributed by atoms with Crippen LogP contribution in [0.25, 0.3) is 0 Å². The lowest BCUT2D eigenvalue weighted by molar-refractivity contribution is 0.0583. The molecule has 1 aromatic heterocycles. The van der Waals surface area contributed by atoms with E-state index in [-0.39, 0.29) is 11.9 Å². The fraction of sp³-hybridized carbons (Fsp3) is 0.667. The number of hydrogen-bond acceptors (Lipinski definition) is 4. The minimum absolute atomic E-state index is 0.0557. The number of amides is 1. The van der Waals surface area contributed by atoms with Crippen molar-refractivity contribution >= 4 is 17.2 Å². The molecule has 0 fully saturated rings. The number of aryl methyl sites for hydroxylation is 2. The monoisotopic (exact) mass is 256 g/mol. The first-order valence-electron chi connectivity index (χ1n) is 5.75. The van der Waals surface area contributed by atoms with Crippen molar-refractivity contribution in [2.24, 2.45) is 0 Å². The first-order chi connectivity index (χ1) is 8.01. The molecule has 1 amide bonds. The predicted octanol–water partition coefficient (Wildman–Crippen LogP) is 2.26. The zero-order valence-corrected chi connectivity index (χ0v) is 11.9. The lowest BCUT2D eigenvalue weighted by Gasteiger charge is -2.27. The smallest absolute Gasteiger partial charge is 0.266 e. The first kappa shape index (κ1) is 14.1. The summed E-state index contributed by atoms with van der Waals surface area (Å²) in [6.45, 7) is 9.01. The molecule has 0 aliphatic rings. The SMILES string of the molecule is CCN(C(=O)c1sc(C)nc1C)C(C)COC. The van der Waals surface area contributed by atoms with Crippen LogP contribution in [0, 0.1) is 13.8 Å². The second kappa shape index (κ2) is 6.12. The molecule has 1 heterocycles. The standard InChI is InChI=1S/C12H20N2O2S/c1-6-14(8(2)7-16-5)12(15)11-9(3)13-10(4)17-11/h8H,6-7H2,1-5H3. The van der Waals surface area contributed by atoms with Crippen LogP contribution in [0.5, 0.6) is 0 Å². The average Bonchev–Trinajstić information content (AvgIpc) is 2.59. The Hall–Kier alpha value is -0.940. The highest BCUT2D eigenvalue weighted by atomic mass is 32.1. The number of carbonyl (C=O) groups is 1. The molecule has 0 aromatic carbocycles. The van der Waals surface area contributed by atoms with E-state index in [1.54, 1.807) is 7.11 Å². The Bertz CT molecular complexity index is 390. The maximum absolute atomic E-state index is 12.4. The summed E-state index contributed by atoms with van der Waals surface area (Å²) in [7, 11) is 1.65. The molecule has 0 aliphatic carbocycles. The topological polar surface area (TPSA) is 42.4 Å². The number of aromatic nitrogens is 1. The van der Waals surface area contributed by atoms with Crippen molar-refractivity contribution in [1.82, 2.24) is 9.88 Å². The molecule has 4 nitrogen and oxygen atoms in total. The highest BCUT2D eigenvalue weighted by Crippen LogP contribution is 2.20. The second-order valence-electron chi connectivity index (χ2n) is 4.04. The highest BCUT2D eigenvalue weighted by Gasteiger charge is 2.23. The summed E-state index contributed by atoms with van der Waals surface area (Å²) >= 11 is 1.46. The van der Waals surface area contributed by atoms with Crippen molar-refractivity contribution < 1.29 is 9.53 Å². The number of methoxy groups -OCH3 is 1. The summed E-state index contributed by atoms with van der Waals surface area (Å²) in [6.07, 6.45) is 0. The van der Waals surface area contributed by atoms with Gasteiger partial charge in [-0.2, -0.15) is 0 Å². The lowest BCUT2D eigenvalue weighted by Crippen LogP contribution is -2.40. The maximum Gasteiger partial charge on any atom is 0.266 e. The molecule has 0 bridgehead atoms. The van der Waals surface area contributed by atoms with Crippen molar-refractivity contribution in [2.45, 2.75) is 33.7 Å². The Labute approximate surface area is 107 Å². The van der Waals surface area contributed by atoms with E-state index < -0.39 is 0 Å². The molecule has 0 saturated carbocycles. The number of nitrogens with zero attached hydrogens (tertiary/aromatic N) is 2. The molecule has 1 unspecified atom stereocenters. The summed E-state index contributed by atoms with van der Waals surface area (Å²) in [4.78, 5) is 19.2. The van der Waals surface area contributed by atoms with Gasteiger partial charge in [-0.1, -0.05) is 0 Å². The number of likely N-dealkylation sites (N-methyl/N-ethyl adjacent to an activating group) is 1. The normalized spacial score (nSPS) is 12.5. The van der Waals surface area contributed by atoms with Gasteiger partial charge in [0.15, 0.2) is 0 Å². The molecular weight excluding hydrogens is 236 g/mol. The molecule has 0 saturated heterocycles. The van der Waals surface area contributed by atoms with Crippen LogP contribution in [0.4, 0.5) is 0 Å². The van der Waals surface area contributed by atoms with Crippen LogP contribution in [0.3, 0.4) is 0 Å². The molecule has 0 N–H and O–H groups in total. The zero-order valence-electron chi connectivity index (χ0n) is 11.1. The van der Waals surface area contributed by atoms with Crippen LogP contribution >= 0.6 is 11.3 Å². The summed E-state index contributed by atoms with van der Waals surface area (Å²) in [5.41, 5.74) is 0.820. The van der Waals surface area contributed by atoms with E-state index in [2.05, 4.69) is 4.98 Å². The Balaban J connectivity index is 2.89. The lowest BCUT2D eigenvalue weighted by atomic mass is 10.2. The summed E-state index contributed by atoms with van der Waals surface area (Å²) in [5.74, 6) is 0.0557. The predicted molar refractivity (Wildman–Crippen MR) is 69.6 cm³/mol. The third-order valence-electron chi connectivity index (χ3n) is 2.64. The first-order valence-corrected chi connectivity index (χ1v) is 6.56. The number of carbonyl (C=O) groups excluding carboxylic acids is 1. The van der Waals surface area contributed by atoms with Crippen LogP contribution in [0.15, 0.2) is 0 Å². The van der Waals surface area contributed by atoms with E-state index in [1.165, 1.54) is 11.3 Å². The van der Waals surface area contributed by atoms with E-state index in [4.69, 9.17) is 4.74 Å². The largest absolute Gasteiger partial charge is 0.383 e. The van der Waals surface area contributed by atoms with Crippen LogP contribution in [-0.2, 0) is 4.74 Å². The van der Waals surface area contributed by atoms with Gasteiger partial charge < -0.3 is 9.64 Å². The molecular formula is C12H20N2O2S. The van der Waals surface area contributed by atoms with Gasteiger partial charge in [-0.3, -0.25) is 4.79 Å². The van der Waals surface area contributed by atoms with Crippen molar-refractivity contribution in [3.63, 3.8) is 0 Å². The molecule has 0 aliphatic heterocycles. The van der Waals surface area contributed by atoms with Gasteiger partial charge in [0.1, 0.15) is 4.88 Å². The van der Waals surface area contributed by atoms with Crippen molar-refractivity contribution in [3.05, 3.63) is 15.6 Å². The number of ether oxygens (including phenoxy) is 1. The van der Waals surface area contributed by atoms with Gasteiger partial charge >= 0.3 is 0 Å². The van der Waals surface area contributed by atoms with Crippen LogP contribution < -0.4 is 0 Å². The highest BCUT2D eigenvalue weighted by molar-refractivity contribution is 7.13. The molecule has 96 valence electrons. The van der Waals surface area contributed by atoms with Crippen molar-refractivity contribution in [2.75, 3.05) is 20.3 Å². The Morgan fingerprint density at radius 2 is 2.18 bits per heavy atom. The third-order valence-corrected chi connectivity index (χ3v) is 3.70. The average molecular weight is 256 g/mol. The quantitative estimate of drug-likeness (QED) is 0.811. The van der Waals surface area contributed by atoms with Crippen LogP contribution in [0.1, 0.15) is 34.2 Å².